The minimum atomic E-state index is -0.988. The Labute approximate surface area is 75.0 Å². The molecule has 0 bridgehead atoms. The van der Waals surface area contributed by atoms with Crippen LogP contribution in [0.1, 0.15) is 10.4 Å². The van der Waals surface area contributed by atoms with Gasteiger partial charge >= 0.3 is 5.97 Å². The molecule has 0 spiro atoms. The normalized spacial score (nSPS) is 8.36. The molecule has 3 nitrogen and oxygen atoms in total. The first-order valence-corrected chi connectivity index (χ1v) is 2.79. The summed E-state index contributed by atoms with van der Waals surface area (Å²) in [5, 5.41) is 8.49. The van der Waals surface area contributed by atoms with E-state index in [1.807, 2.05) is 0 Å². The Hall–Kier alpha value is -0.978. The van der Waals surface area contributed by atoms with Crippen LogP contribution >= 0.6 is 0 Å². The van der Waals surface area contributed by atoms with Crippen LogP contribution in [0.2, 0.25) is 0 Å². The second kappa shape index (κ2) is 4.02. The number of hydrogen-bond donors (Lipinski definition) is 2. The Morgan fingerprint density at radius 3 is 2.27 bits per heavy atom. The number of anilines is 1. The third-order valence-electron chi connectivity index (χ3n) is 1.19. The number of carbonyl (C=O) groups is 1. The van der Waals surface area contributed by atoms with E-state index in [1.54, 1.807) is 18.2 Å². The van der Waals surface area contributed by atoms with Crippen LogP contribution < -0.4 is 5.73 Å². The first-order valence-electron chi connectivity index (χ1n) is 2.79. The molecule has 11 heavy (non-hydrogen) atoms. The van der Waals surface area contributed by atoms with Crippen LogP contribution in [0.5, 0.6) is 0 Å². The Kier molecular flexibility index (Phi) is 3.66. The third kappa shape index (κ3) is 2.26. The summed E-state index contributed by atoms with van der Waals surface area (Å²) >= 11 is 0. The number of carboxylic acids is 1. The fraction of sp³-hybridized carbons (Fsp3) is 0. The summed E-state index contributed by atoms with van der Waals surface area (Å²) in [4.78, 5) is 10.3. The van der Waals surface area contributed by atoms with Gasteiger partial charge in [0.25, 0.3) is 0 Å². The molecule has 0 radical (unpaired) electrons. The molecule has 0 atom stereocenters. The van der Waals surface area contributed by atoms with E-state index in [0.29, 0.717) is 5.69 Å². The summed E-state index contributed by atoms with van der Waals surface area (Å²) in [6, 6.07) is 6.36. The van der Waals surface area contributed by atoms with Gasteiger partial charge < -0.3 is 10.8 Å². The van der Waals surface area contributed by atoms with Crippen molar-refractivity contribution >= 4 is 11.7 Å². The van der Waals surface area contributed by atoms with Crippen molar-refractivity contribution in [3.05, 3.63) is 29.8 Å². The van der Waals surface area contributed by atoms with E-state index in [0.717, 1.165) is 0 Å². The molecule has 0 aliphatic carbocycles. The molecule has 0 aliphatic heterocycles. The Bertz CT molecular complexity index is 262. The summed E-state index contributed by atoms with van der Waals surface area (Å²) in [5.41, 5.74) is 5.80. The molecule has 1 rings (SSSR count). The molecule has 0 unspecified atom stereocenters. The standard InChI is InChI=1S/C7H7NO2.Cr/c8-6-4-2-1-3-5(6)7(9)10;/h1-4H,8H2,(H,9,10);. The molecule has 1 aromatic carbocycles. The molecule has 0 aliphatic rings. The maximum absolute atomic E-state index is 10.3. The number of carboxylic acid groups (broad SMARTS) is 1. The average molecular weight is 189 g/mol. The number of nitrogens with two attached hydrogens (primary N) is 1. The number of rotatable bonds is 1. The second-order valence-corrected chi connectivity index (χ2v) is 1.89. The quantitative estimate of drug-likeness (QED) is 0.647. The first-order chi connectivity index (χ1) is 4.72. The van der Waals surface area contributed by atoms with E-state index >= 15 is 0 Å². The molecule has 0 heterocycles. The Morgan fingerprint density at radius 2 is 1.91 bits per heavy atom. The van der Waals surface area contributed by atoms with Gasteiger partial charge in [0, 0.05) is 23.0 Å². The van der Waals surface area contributed by atoms with Crippen LogP contribution in [-0.4, -0.2) is 11.1 Å². The summed E-state index contributed by atoms with van der Waals surface area (Å²) in [6.45, 7) is 0. The first kappa shape index (κ1) is 10.0. The number of para-hydroxylation sites is 1. The van der Waals surface area contributed by atoms with Crippen molar-refractivity contribution in [2.75, 3.05) is 5.73 Å². The van der Waals surface area contributed by atoms with Gasteiger partial charge in [-0.2, -0.15) is 0 Å². The van der Waals surface area contributed by atoms with E-state index in [1.165, 1.54) is 6.07 Å². The monoisotopic (exact) mass is 189 g/mol. The molecule has 0 saturated heterocycles. The van der Waals surface area contributed by atoms with Crippen LogP contribution in [0.15, 0.2) is 24.3 Å². The van der Waals surface area contributed by atoms with Crippen LogP contribution in [0, 0.1) is 0 Å². The molecule has 3 N–H and O–H groups in total. The smallest absolute Gasteiger partial charge is 0.337 e. The maximum Gasteiger partial charge on any atom is 0.337 e. The number of aromatic carboxylic acids is 1. The van der Waals surface area contributed by atoms with E-state index in [9.17, 15) is 4.79 Å². The van der Waals surface area contributed by atoms with Gasteiger partial charge in [-0.15, -0.1) is 0 Å². The van der Waals surface area contributed by atoms with Crippen molar-refractivity contribution < 1.29 is 27.3 Å². The van der Waals surface area contributed by atoms with Gasteiger partial charge in [0.15, 0.2) is 0 Å². The molecule has 58 valence electrons. The molecule has 0 aromatic heterocycles. The largest absolute Gasteiger partial charge is 0.478 e. The molecule has 0 saturated carbocycles. The average Bonchev–Trinajstić information content (AvgIpc) is 1.88. The Balaban J connectivity index is 0.000001000. The number of nitrogen functional groups attached to an aromatic ring is 1. The SMILES string of the molecule is Nc1ccccc1C(=O)O.[Cr]. The van der Waals surface area contributed by atoms with Gasteiger partial charge in [0.05, 0.1) is 5.56 Å². The van der Waals surface area contributed by atoms with Gasteiger partial charge in [-0.1, -0.05) is 12.1 Å². The predicted molar refractivity (Wildman–Crippen MR) is 37.8 cm³/mol. The van der Waals surface area contributed by atoms with Crippen molar-refractivity contribution in [2.45, 2.75) is 0 Å². The topological polar surface area (TPSA) is 63.3 Å². The van der Waals surface area contributed by atoms with Crippen molar-refractivity contribution in [3.63, 3.8) is 0 Å². The molecule has 1 aromatic rings. The fourth-order valence-electron chi connectivity index (χ4n) is 0.692. The van der Waals surface area contributed by atoms with E-state index in [-0.39, 0.29) is 22.9 Å². The van der Waals surface area contributed by atoms with E-state index < -0.39 is 5.97 Å². The predicted octanol–water partition coefficient (Wildman–Crippen LogP) is 0.965. The summed E-state index contributed by atoms with van der Waals surface area (Å²) in [7, 11) is 0. The minimum Gasteiger partial charge on any atom is -0.478 e. The molecular formula is C7H7CrNO2. The molecule has 4 heteroatoms. The van der Waals surface area contributed by atoms with Gasteiger partial charge in [-0.25, -0.2) is 4.79 Å². The van der Waals surface area contributed by atoms with E-state index in [4.69, 9.17) is 10.8 Å². The van der Waals surface area contributed by atoms with Gasteiger partial charge in [-0.3, -0.25) is 0 Å². The van der Waals surface area contributed by atoms with Crippen LogP contribution in [0.25, 0.3) is 0 Å². The van der Waals surface area contributed by atoms with Crippen LogP contribution in [0.4, 0.5) is 5.69 Å². The van der Waals surface area contributed by atoms with Crippen LogP contribution in [-0.2, 0) is 17.4 Å². The van der Waals surface area contributed by atoms with Gasteiger partial charge in [0.1, 0.15) is 0 Å². The van der Waals surface area contributed by atoms with Crippen molar-refractivity contribution in [3.8, 4) is 0 Å². The second-order valence-electron chi connectivity index (χ2n) is 1.89. The van der Waals surface area contributed by atoms with Gasteiger partial charge in [0.2, 0.25) is 0 Å². The zero-order valence-corrected chi connectivity index (χ0v) is 6.93. The van der Waals surface area contributed by atoms with Crippen molar-refractivity contribution in [2.24, 2.45) is 0 Å². The summed E-state index contributed by atoms with van der Waals surface area (Å²) in [5.74, 6) is -0.988. The van der Waals surface area contributed by atoms with Crippen molar-refractivity contribution in [1.82, 2.24) is 0 Å². The zero-order chi connectivity index (χ0) is 7.56. The van der Waals surface area contributed by atoms with Crippen LogP contribution in [0.3, 0.4) is 0 Å². The van der Waals surface area contributed by atoms with E-state index in [2.05, 4.69) is 0 Å². The molecular weight excluding hydrogens is 182 g/mol. The third-order valence-corrected chi connectivity index (χ3v) is 1.19. The Morgan fingerprint density at radius 1 is 1.36 bits per heavy atom. The minimum absolute atomic E-state index is 0. The van der Waals surface area contributed by atoms with Gasteiger partial charge in [-0.05, 0) is 12.1 Å². The maximum atomic E-state index is 10.3. The number of benzene rings is 1. The molecule has 0 amide bonds. The summed E-state index contributed by atoms with van der Waals surface area (Å²) < 4.78 is 0. The zero-order valence-electron chi connectivity index (χ0n) is 5.65. The number of hydrogen-bond acceptors (Lipinski definition) is 2. The molecule has 0 fully saturated rings. The van der Waals surface area contributed by atoms with Crippen molar-refractivity contribution in [1.29, 1.82) is 0 Å². The fourth-order valence-corrected chi connectivity index (χ4v) is 0.692. The summed E-state index contributed by atoms with van der Waals surface area (Å²) in [6.07, 6.45) is 0.